The van der Waals surface area contributed by atoms with Gasteiger partial charge in [-0.15, -0.1) is 0 Å². The van der Waals surface area contributed by atoms with Crippen LogP contribution in [0.15, 0.2) is 30.5 Å². The summed E-state index contributed by atoms with van der Waals surface area (Å²) in [5.74, 6) is 0. The van der Waals surface area contributed by atoms with Gasteiger partial charge in [-0.2, -0.15) is 0 Å². The first-order valence-electron chi connectivity index (χ1n) is 7.28. The summed E-state index contributed by atoms with van der Waals surface area (Å²) in [7, 11) is 0. The Balaban J connectivity index is 2.33. The van der Waals surface area contributed by atoms with Crippen molar-refractivity contribution in [2.75, 3.05) is 0 Å². The third-order valence-electron chi connectivity index (χ3n) is 4.02. The molecule has 2 heteroatoms. The summed E-state index contributed by atoms with van der Waals surface area (Å²) in [5.41, 5.74) is 2.93. The van der Waals surface area contributed by atoms with Gasteiger partial charge in [0.2, 0.25) is 0 Å². The molecule has 1 aromatic carbocycles. The van der Waals surface area contributed by atoms with Gasteiger partial charge in [0.05, 0.1) is 0 Å². The SMILES string of the molecule is CCC(C)(C)NCc1cn(C(C)C)c2ccccc12. The van der Waals surface area contributed by atoms with Gasteiger partial charge in [0, 0.05) is 35.2 Å². The Morgan fingerprint density at radius 3 is 2.53 bits per heavy atom. The van der Waals surface area contributed by atoms with Crippen LogP contribution in [-0.2, 0) is 6.54 Å². The summed E-state index contributed by atoms with van der Waals surface area (Å²) in [6.07, 6.45) is 3.43. The molecule has 2 aromatic rings. The molecule has 1 aromatic heterocycles. The van der Waals surface area contributed by atoms with E-state index in [0.29, 0.717) is 6.04 Å². The van der Waals surface area contributed by atoms with Crippen molar-refractivity contribution >= 4 is 10.9 Å². The molecule has 2 rings (SSSR count). The van der Waals surface area contributed by atoms with Crippen LogP contribution in [-0.4, -0.2) is 10.1 Å². The van der Waals surface area contributed by atoms with Gasteiger partial charge in [-0.1, -0.05) is 25.1 Å². The molecule has 0 saturated carbocycles. The number of hydrogen-bond donors (Lipinski definition) is 1. The fraction of sp³-hybridized carbons (Fsp3) is 0.529. The first kappa shape index (κ1) is 14.1. The lowest BCUT2D eigenvalue weighted by Crippen LogP contribution is -2.37. The van der Waals surface area contributed by atoms with E-state index in [9.17, 15) is 0 Å². The van der Waals surface area contributed by atoms with Crippen LogP contribution in [0.4, 0.5) is 0 Å². The molecule has 19 heavy (non-hydrogen) atoms. The second-order valence-corrected chi connectivity index (χ2v) is 6.26. The van der Waals surface area contributed by atoms with Crippen molar-refractivity contribution < 1.29 is 0 Å². The Labute approximate surface area is 116 Å². The molecule has 0 aliphatic rings. The minimum absolute atomic E-state index is 0.195. The molecule has 1 heterocycles. The van der Waals surface area contributed by atoms with E-state index in [1.165, 1.54) is 16.5 Å². The highest BCUT2D eigenvalue weighted by Gasteiger charge is 2.16. The van der Waals surface area contributed by atoms with Crippen LogP contribution in [0.5, 0.6) is 0 Å². The Hall–Kier alpha value is -1.28. The largest absolute Gasteiger partial charge is 0.345 e. The van der Waals surface area contributed by atoms with E-state index in [1.807, 2.05) is 0 Å². The topological polar surface area (TPSA) is 17.0 Å². The fourth-order valence-electron chi connectivity index (χ4n) is 2.30. The molecular formula is C17H26N2. The van der Waals surface area contributed by atoms with E-state index >= 15 is 0 Å². The maximum Gasteiger partial charge on any atom is 0.0486 e. The standard InChI is InChI=1S/C17H26N2/c1-6-17(4,5)18-11-14-12-19(13(2)3)16-10-8-7-9-15(14)16/h7-10,12-13,18H,6,11H2,1-5H3. The number of aromatic nitrogens is 1. The number of hydrogen-bond acceptors (Lipinski definition) is 1. The Kier molecular flexibility index (Phi) is 4.00. The molecule has 0 fully saturated rings. The molecule has 0 atom stereocenters. The average Bonchev–Trinajstić information content (AvgIpc) is 2.76. The number of fused-ring (bicyclic) bond motifs is 1. The van der Waals surface area contributed by atoms with Gasteiger partial charge >= 0.3 is 0 Å². The van der Waals surface area contributed by atoms with E-state index in [2.05, 4.69) is 75.0 Å². The summed E-state index contributed by atoms with van der Waals surface area (Å²) in [4.78, 5) is 0. The van der Waals surface area contributed by atoms with Crippen LogP contribution in [0.3, 0.4) is 0 Å². The summed E-state index contributed by atoms with van der Waals surface area (Å²) >= 11 is 0. The second kappa shape index (κ2) is 5.38. The first-order valence-corrected chi connectivity index (χ1v) is 7.28. The highest BCUT2D eigenvalue weighted by atomic mass is 15.0. The van der Waals surface area contributed by atoms with Crippen LogP contribution >= 0.6 is 0 Å². The van der Waals surface area contributed by atoms with Crippen molar-refractivity contribution in [2.24, 2.45) is 0 Å². The summed E-state index contributed by atoms with van der Waals surface area (Å²) in [5, 5.41) is 5.03. The quantitative estimate of drug-likeness (QED) is 0.835. The lowest BCUT2D eigenvalue weighted by molar-refractivity contribution is 0.375. The van der Waals surface area contributed by atoms with Gasteiger partial charge in [-0.25, -0.2) is 0 Å². The molecule has 2 nitrogen and oxygen atoms in total. The van der Waals surface area contributed by atoms with Gasteiger partial charge in [0.25, 0.3) is 0 Å². The summed E-state index contributed by atoms with van der Waals surface area (Å²) in [6, 6.07) is 9.18. The minimum atomic E-state index is 0.195. The maximum absolute atomic E-state index is 3.66. The zero-order chi connectivity index (χ0) is 14.0. The predicted molar refractivity (Wildman–Crippen MR) is 83.5 cm³/mol. The van der Waals surface area contributed by atoms with Gasteiger partial charge in [-0.05, 0) is 45.7 Å². The number of nitrogens with one attached hydrogen (secondary N) is 1. The third-order valence-corrected chi connectivity index (χ3v) is 4.02. The monoisotopic (exact) mass is 258 g/mol. The minimum Gasteiger partial charge on any atom is -0.345 e. The highest BCUT2D eigenvalue weighted by Crippen LogP contribution is 2.25. The first-order chi connectivity index (χ1) is 8.94. The lowest BCUT2D eigenvalue weighted by Gasteiger charge is -2.24. The number of para-hydroxylation sites is 1. The van der Waals surface area contributed by atoms with Gasteiger partial charge in [-0.3, -0.25) is 0 Å². The molecule has 0 aliphatic heterocycles. The summed E-state index contributed by atoms with van der Waals surface area (Å²) < 4.78 is 2.37. The van der Waals surface area contributed by atoms with Crippen molar-refractivity contribution in [2.45, 2.75) is 59.2 Å². The van der Waals surface area contributed by atoms with E-state index in [0.717, 1.165) is 13.0 Å². The molecule has 104 valence electrons. The van der Waals surface area contributed by atoms with E-state index in [1.54, 1.807) is 0 Å². The molecule has 0 spiro atoms. The van der Waals surface area contributed by atoms with Crippen LogP contribution in [0.25, 0.3) is 10.9 Å². The zero-order valence-corrected chi connectivity index (χ0v) is 12.8. The molecular weight excluding hydrogens is 232 g/mol. The molecule has 0 aliphatic carbocycles. The molecule has 0 bridgehead atoms. The Bertz CT molecular complexity index is 549. The second-order valence-electron chi connectivity index (χ2n) is 6.26. The Morgan fingerprint density at radius 1 is 1.21 bits per heavy atom. The van der Waals surface area contributed by atoms with Crippen LogP contribution in [0.1, 0.15) is 52.6 Å². The van der Waals surface area contributed by atoms with Crippen LogP contribution < -0.4 is 5.32 Å². The van der Waals surface area contributed by atoms with Gasteiger partial charge in [0.15, 0.2) is 0 Å². The smallest absolute Gasteiger partial charge is 0.0486 e. The van der Waals surface area contributed by atoms with Crippen LogP contribution in [0, 0.1) is 0 Å². The third kappa shape index (κ3) is 3.01. The van der Waals surface area contributed by atoms with Gasteiger partial charge in [0.1, 0.15) is 0 Å². The van der Waals surface area contributed by atoms with E-state index in [4.69, 9.17) is 0 Å². The lowest BCUT2D eigenvalue weighted by atomic mass is 10.0. The van der Waals surface area contributed by atoms with Crippen molar-refractivity contribution in [1.29, 1.82) is 0 Å². The van der Waals surface area contributed by atoms with Crippen LogP contribution in [0.2, 0.25) is 0 Å². The molecule has 0 saturated heterocycles. The highest BCUT2D eigenvalue weighted by molar-refractivity contribution is 5.84. The van der Waals surface area contributed by atoms with Crippen molar-refractivity contribution in [3.63, 3.8) is 0 Å². The van der Waals surface area contributed by atoms with Gasteiger partial charge < -0.3 is 9.88 Å². The molecule has 0 radical (unpaired) electrons. The van der Waals surface area contributed by atoms with E-state index in [-0.39, 0.29) is 5.54 Å². The molecule has 0 unspecified atom stereocenters. The fourth-order valence-corrected chi connectivity index (χ4v) is 2.30. The molecule has 1 N–H and O–H groups in total. The predicted octanol–water partition coefficient (Wildman–Crippen LogP) is 4.50. The Morgan fingerprint density at radius 2 is 1.89 bits per heavy atom. The normalized spacial score (nSPS) is 12.5. The average molecular weight is 258 g/mol. The number of rotatable bonds is 5. The van der Waals surface area contributed by atoms with Crippen molar-refractivity contribution in [3.8, 4) is 0 Å². The van der Waals surface area contributed by atoms with Crippen molar-refractivity contribution in [3.05, 3.63) is 36.0 Å². The van der Waals surface area contributed by atoms with E-state index < -0.39 is 0 Å². The summed E-state index contributed by atoms with van der Waals surface area (Å²) in [6.45, 7) is 12.1. The number of benzene rings is 1. The maximum atomic E-state index is 3.66. The number of nitrogens with zero attached hydrogens (tertiary/aromatic N) is 1. The van der Waals surface area contributed by atoms with Crippen molar-refractivity contribution in [1.82, 2.24) is 9.88 Å². The zero-order valence-electron chi connectivity index (χ0n) is 12.8. The molecule has 0 amide bonds.